The molecule has 8 nitrogen and oxygen atoms in total. The molecule has 2 atom stereocenters. The second-order valence-corrected chi connectivity index (χ2v) is 11.9. The monoisotopic (exact) mass is 562 g/mol. The van der Waals surface area contributed by atoms with Crippen LogP contribution in [0.1, 0.15) is 31.2 Å². The fourth-order valence-corrected chi connectivity index (χ4v) is 7.50. The first-order chi connectivity index (χ1) is 20.5. The number of pyridine rings is 1. The topological polar surface area (TPSA) is 86.6 Å². The van der Waals surface area contributed by atoms with Gasteiger partial charge in [-0.1, -0.05) is 30.2 Å². The highest BCUT2D eigenvalue weighted by molar-refractivity contribution is 6.02. The number of hydrogen-bond donors (Lipinski definition) is 2. The van der Waals surface area contributed by atoms with Crippen molar-refractivity contribution in [2.45, 2.75) is 43.3 Å². The number of benzene rings is 2. The van der Waals surface area contributed by atoms with Crippen molar-refractivity contribution in [2.75, 3.05) is 37.7 Å². The molecule has 8 rings (SSSR count). The molecule has 0 saturated carbocycles. The van der Waals surface area contributed by atoms with Crippen LogP contribution in [-0.4, -0.2) is 75.4 Å². The van der Waals surface area contributed by atoms with Crippen LogP contribution in [0, 0.1) is 18.2 Å². The highest BCUT2D eigenvalue weighted by atomic mass is 19.1. The van der Waals surface area contributed by atoms with Crippen LogP contribution in [0.25, 0.3) is 32.9 Å². The zero-order valence-corrected chi connectivity index (χ0v) is 23.2. The molecule has 3 fully saturated rings. The summed E-state index contributed by atoms with van der Waals surface area (Å²) in [5.74, 6) is 2.71. The Labute approximate surface area is 243 Å². The second kappa shape index (κ2) is 9.65. The minimum atomic E-state index is -0.600. The van der Waals surface area contributed by atoms with Gasteiger partial charge in [0, 0.05) is 47.9 Å². The van der Waals surface area contributed by atoms with Gasteiger partial charge in [-0.25, -0.2) is 4.39 Å². The predicted molar refractivity (Wildman–Crippen MR) is 160 cm³/mol. The van der Waals surface area contributed by atoms with Crippen molar-refractivity contribution in [3.63, 3.8) is 0 Å². The summed E-state index contributed by atoms with van der Waals surface area (Å²) >= 11 is 0. The van der Waals surface area contributed by atoms with E-state index in [2.05, 4.69) is 43.2 Å². The number of ether oxygens (including phenoxy) is 1. The SMILES string of the molecule is C#Cc1cccc2cc(O)cc(-c3ncc4c(N5CC6C=CC(C5)N6)nc(OCC56CCCN5CCC6)nc4c3F)c12. The molecule has 0 amide bonds. The third-order valence-electron chi connectivity index (χ3n) is 9.43. The lowest BCUT2D eigenvalue weighted by Gasteiger charge is -2.34. The van der Waals surface area contributed by atoms with Crippen LogP contribution in [-0.2, 0) is 0 Å². The Morgan fingerprint density at radius 3 is 2.67 bits per heavy atom. The molecule has 2 aromatic heterocycles. The summed E-state index contributed by atoms with van der Waals surface area (Å²) in [6.45, 7) is 4.05. The minimum absolute atomic E-state index is 0.00102. The smallest absolute Gasteiger partial charge is 0.319 e. The van der Waals surface area contributed by atoms with E-state index in [9.17, 15) is 5.11 Å². The Morgan fingerprint density at radius 1 is 1.12 bits per heavy atom. The van der Waals surface area contributed by atoms with Crippen LogP contribution in [0.5, 0.6) is 11.8 Å². The normalized spacial score (nSPS) is 22.6. The third-order valence-corrected chi connectivity index (χ3v) is 9.43. The maximum absolute atomic E-state index is 16.7. The zero-order chi connectivity index (χ0) is 28.4. The van der Waals surface area contributed by atoms with Gasteiger partial charge in [0.05, 0.1) is 10.9 Å². The summed E-state index contributed by atoms with van der Waals surface area (Å²) in [6, 6.07) is 9.15. The molecular formula is C33H31FN6O2. The summed E-state index contributed by atoms with van der Waals surface area (Å²) in [6.07, 6.45) is 16.3. The Balaban J connectivity index is 1.27. The van der Waals surface area contributed by atoms with E-state index in [1.807, 2.05) is 12.1 Å². The molecule has 6 heterocycles. The van der Waals surface area contributed by atoms with Crippen molar-refractivity contribution in [1.29, 1.82) is 0 Å². The number of aromatic hydroxyl groups is 1. The largest absolute Gasteiger partial charge is 0.508 e. The van der Waals surface area contributed by atoms with E-state index >= 15 is 4.39 Å². The molecule has 0 spiro atoms. The summed E-state index contributed by atoms with van der Waals surface area (Å²) in [5.41, 5.74) is 1.22. The van der Waals surface area contributed by atoms with Gasteiger partial charge in [-0.15, -0.1) is 6.42 Å². The van der Waals surface area contributed by atoms with Crippen LogP contribution in [0.2, 0.25) is 0 Å². The number of aromatic nitrogens is 3. The first-order valence-electron chi connectivity index (χ1n) is 14.7. The number of rotatable bonds is 5. The van der Waals surface area contributed by atoms with Gasteiger partial charge in [-0.2, -0.15) is 9.97 Å². The number of halogens is 1. The number of fused-ring (bicyclic) bond motifs is 5. The van der Waals surface area contributed by atoms with Crippen molar-refractivity contribution in [2.24, 2.45) is 0 Å². The number of phenols is 1. The quantitative estimate of drug-likeness (QED) is 0.274. The maximum Gasteiger partial charge on any atom is 0.319 e. The molecule has 2 unspecified atom stereocenters. The van der Waals surface area contributed by atoms with Crippen LogP contribution >= 0.6 is 0 Å². The molecule has 9 heteroatoms. The maximum atomic E-state index is 16.7. The van der Waals surface area contributed by atoms with Crippen LogP contribution in [0.15, 0.2) is 48.7 Å². The first kappa shape index (κ1) is 25.5. The average Bonchev–Trinajstić information content (AvgIpc) is 3.68. The Hall–Kier alpha value is -4.26. The van der Waals surface area contributed by atoms with E-state index in [1.165, 1.54) is 6.07 Å². The Bertz CT molecular complexity index is 1790. The van der Waals surface area contributed by atoms with E-state index in [0.29, 0.717) is 52.8 Å². The number of hydrogen-bond acceptors (Lipinski definition) is 8. The molecule has 4 aromatic rings. The van der Waals surface area contributed by atoms with E-state index in [0.717, 1.165) is 38.8 Å². The Kier molecular flexibility index (Phi) is 5.85. The van der Waals surface area contributed by atoms with Crippen LogP contribution in [0.4, 0.5) is 10.2 Å². The summed E-state index contributed by atoms with van der Waals surface area (Å²) < 4.78 is 23.1. The van der Waals surface area contributed by atoms with Gasteiger partial charge >= 0.3 is 6.01 Å². The van der Waals surface area contributed by atoms with Crippen molar-refractivity contribution < 1.29 is 14.2 Å². The average molecular weight is 563 g/mol. The fraction of sp³-hybridized carbons (Fsp3) is 0.364. The third kappa shape index (κ3) is 4.01. The van der Waals surface area contributed by atoms with Gasteiger partial charge in [0.25, 0.3) is 0 Å². The second-order valence-electron chi connectivity index (χ2n) is 11.9. The summed E-state index contributed by atoms with van der Waals surface area (Å²) in [7, 11) is 0. The molecule has 42 heavy (non-hydrogen) atoms. The van der Waals surface area contributed by atoms with Gasteiger partial charge < -0.3 is 20.1 Å². The molecule has 0 radical (unpaired) electrons. The molecule has 2 aromatic carbocycles. The number of piperazine rings is 1. The van der Waals surface area contributed by atoms with E-state index in [1.54, 1.807) is 18.3 Å². The van der Waals surface area contributed by atoms with Crippen molar-refractivity contribution in [3.8, 4) is 35.4 Å². The van der Waals surface area contributed by atoms with Crippen LogP contribution < -0.4 is 15.0 Å². The molecule has 3 saturated heterocycles. The molecule has 2 bridgehead atoms. The number of nitrogens with zero attached hydrogens (tertiary/aromatic N) is 5. The van der Waals surface area contributed by atoms with Gasteiger partial charge in [-0.3, -0.25) is 9.88 Å². The molecule has 4 aliphatic rings. The minimum Gasteiger partial charge on any atom is -0.508 e. The van der Waals surface area contributed by atoms with Gasteiger partial charge in [0.15, 0.2) is 5.82 Å². The lowest BCUT2D eigenvalue weighted by Crippen LogP contribution is -2.52. The highest BCUT2D eigenvalue weighted by Gasteiger charge is 2.45. The summed E-state index contributed by atoms with van der Waals surface area (Å²) in [4.78, 5) is 18.8. The molecule has 212 valence electrons. The van der Waals surface area contributed by atoms with Crippen molar-refractivity contribution >= 4 is 27.5 Å². The zero-order valence-electron chi connectivity index (χ0n) is 23.2. The van der Waals surface area contributed by atoms with Crippen LogP contribution in [0.3, 0.4) is 0 Å². The lowest BCUT2D eigenvalue weighted by molar-refractivity contribution is 0.108. The predicted octanol–water partition coefficient (Wildman–Crippen LogP) is 4.39. The van der Waals surface area contributed by atoms with E-state index in [4.69, 9.17) is 16.1 Å². The highest BCUT2D eigenvalue weighted by Crippen LogP contribution is 2.41. The van der Waals surface area contributed by atoms with E-state index < -0.39 is 5.82 Å². The standard InChI is InChI=1S/C33H31FN6O2/c1-2-20-6-3-7-21-14-24(41)15-25(27(20)21)29-28(34)30-26(16-35-29)31(39-17-22-8-9-23(18-39)36-22)38-32(37-30)42-19-33-10-4-12-40(33)13-5-11-33/h1,3,6-9,14-16,22-23,36,41H,4-5,10-13,17-19H2. The van der Waals surface area contributed by atoms with Crippen molar-refractivity contribution in [1.82, 2.24) is 25.2 Å². The molecular weight excluding hydrogens is 531 g/mol. The fourth-order valence-electron chi connectivity index (χ4n) is 7.50. The van der Waals surface area contributed by atoms with Gasteiger partial charge in [0.1, 0.15) is 29.4 Å². The molecule has 4 aliphatic heterocycles. The lowest BCUT2D eigenvalue weighted by atomic mass is 9.95. The molecule has 2 N–H and O–H groups in total. The number of anilines is 1. The van der Waals surface area contributed by atoms with Gasteiger partial charge in [0.2, 0.25) is 0 Å². The molecule has 0 aliphatic carbocycles. The number of nitrogens with one attached hydrogen (secondary N) is 1. The van der Waals surface area contributed by atoms with Gasteiger partial charge in [-0.05, 0) is 62.4 Å². The first-order valence-corrected chi connectivity index (χ1v) is 14.7. The number of phenolic OH excluding ortho intramolecular Hbond substituents is 1. The number of terminal acetylenes is 1. The summed E-state index contributed by atoms with van der Waals surface area (Å²) in [5, 5.41) is 16.0. The van der Waals surface area contributed by atoms with Crippen molar-refractivity contribution in [3.05, 3.63) is 60.1 Å². The Morgan fingerprint density at radius 2 is 1.90 bits per heavy atom. The van der Waals surface area contributed by atoms with E-state index in [-0.39, 0.29) is 40.6 Å².